The van der Waals surface area contributed by atoms with Crippen LogP contribution in [-0.2, 0) is 27.0 Å². The quantitative estimate of drug-likeness (QED) is 0.289. The van der Waals surface area contributed by atoms with E-state index >= 15 is 0 Å². The minimum absolute atomic E-state index is 0.0972. The van der Waals surface area contributed by atoms with Crippen molar-refractivity contribution in [1.29, 1.82) is 0 Å². The highest BCUT2D eigenvalue weighted by Crippen LogP contribution is 2.32. The Morgan fingerprint density at radius 1 is 1.08 bits per heavy atom. The van der Waals surface area contributed by atoms with Crippen molar-refractivity contribution in [2.75, 3.05) is 11.5 Å². The predicted octanol–water partition coefficient (Wildman–Crippen LogP) is 3.36. The molecule has 2 aromatic carbocycles. The van der Waals surface area contributed by atoms with Crippen LogP contribution in [0, 0.1) is 0 Å². The Labute approximate surface area is 153 Å². The van der Waals surface area contributed by atoms with Gasteiger partial charge in [-0.05, 0) is 42.0 Å². The van der Waals surface area contributed by atoms with E-state index in [1.807, 2.05) is 36.0 Å². The number of thioether (sulfide) groups is 1. The van der Waals surface area contributed by atoms with Gasteiger partial charge in [0.1, 0.15) is 18.1 Å². The molecular formula is C16H17O6PS2. The Morgan fingerprint density at radius 2 is 1.68 bits per heavy atom. The van der Waals surface area contributed by atoms with Crippen LogP contribution in [0.2, 0.25) is 0 Å². The van der Waals surface area contributed by atoms with Gasteiger partial charge in [-0.1, -0.05) is 12.1 Å². The Hall–Kier alpha value is -0.990. The van der Waals surface area contributed by atoms with E-state index in [0.29, 0.717) is 22.5 Å². The molecule has 1 fully saturated rings. The van der Waals surface area contributed by atoms with Crippen LogP contribution in [0.3, 0.4) is 0 Å². The summed E-state index contributed by atoms with van der Waals surface area (Å²) in [7, 11) is -3.47. The van der Waals surface area contributed by atoms with Crippen molar-refractivity contribution in [2.24, 2.45) is 0 Å². The normalized spacial score (nSPS) is 17.5. The minimum atomic E-state index is -2.52. The van der Waals surface area contributed by atoms with Crippen molar-refractivity contribution in [2.45, 2.75) is 16.8 Å². The van der Waals surface area contributed by atoms with Gasteiger partial charge in [-0.25, -0.2) is 4.89 Å². The molecular weight excluding hydrogens is 383 g/mol. The second-order valence-corrected chi connectivity index (χ2v) is 8.76. The maximum Gasteiger partial charge on any atom is 0.357 e. The van der Waals surface area contributed by atoms with E-state index in [1.165, 1.54) is 0 Å². The number of rotatable bonds is 9. The van der Waals surface area contributed by atoms with Gasteiger partial charge in [0.05, 0.1) is 10.8 Å². The summed E-state index contributed by atoms with van der Waals surface area (Å²) in [5, 5.41) is 0.548. The van der Waals surface area contributed by atoms with Crippen molar-refractivity contribution in [1.82, 2.24) is 0 Å². The fourth-order valence-electron chi connectivity index (χ4n) is 2.02. The molecule has 1 aliphatic heterocycles. The first-order valence-electron chi connectivity index (χ1n) is 7.44. The molecule has 2 unspecified atom stereocenters. The monoisotopic (exact) mass is 400 g/mol. The van der Waals surface area contributed by atoms with Crippen molar-refractivity contribution in [3.63, 3.8) is 0 Å². The molecule has 3 rings (SSSR count). The van der Waals surface area contributed by atoms with Crippen LogP contribution in [0.15, 0.2) is 53.4 Å². The number of ether oxygens (including phenoxy) is 1. The zero-order chi connectivity index (χ0) is 17.6. The van der Waals surface area contributed by atoms with Crippen molar-refractivity contribution < 1.29 is 28.3 Å². The zero-order valence-corrected chi connectivity index (χ0v) is 15.6. The average Bonchev–Trinajstić information content (AvgIpc) is 3.41. The first-order chi connectivity index (χ1) is 12.1. The molecule has 1 aliphatic rings. The summed E-state index contributed by atoms with van der Waals surface area (Å²) in [5.41, 5.74) is 0.799. The highest BCUT2D eigenvalue weighted by Gasteiger charge is 2.25. The molecule has 2 aromatic rings. The van der Waals surface area contributed by atoms with E-state index in [1.54, 1.807) is 24.3 Å². The summed E-state index contributed by atoms with van der Waals surface area (Å²) in [6.07, 6.45) is 0. The Morgan fingerprint density at radius 3 is 2.24 bits per heavy atom. The molecule has 134 valence electrons. The van der Waals surface area contributed by atoms with Gasteiger partial charge in [0.15, 0.2) is 0 Å². The molecule has 1 saturated heterocycles. The van der Waals surface area contributed by atoms with Gasteiger partial charge in [0.2, 0.25) is 0 Å². The van der Waals surface area contributed by atoms with E-state index < -0.39 is 19.4 Å². The lowest BCUT2D eigenvalue weighted by Crippen LogP contribution is -2.03. The highest BCUT2D eigenvalue weighted by atomic mass is 32.2. The van der Waals surface area contributed by atoms with Gasteiger partial charge in [-0.15, -0.1) is 0 Å². The van der Waals surface area contributed by atoms with Crippen LogP contribution < -0.4 is 4.74 Å². The summed E-state index contributed by atoms with van der Waals surface area (Å²) in [5.74, 6) is 3.15. The molecule has 9 heteroatoms. The summed E-state index contributed by atoms with van der Waals surface area (Å²) in [4.78, 5) is 22.6. The van der Waals surface area contributed by atoms with Crippen LogP contribution in [0.1, 0.15) is 5.56 Å². The number of hydrogen-bond acceptors (Lipinski definition) is 7. The van der Waals surface area contributed by atoms with Crippen molar-refractivity contribution in [3.8, 4) is 11.5 Å². The maximum absolute atomic E-state index is 12.1. The van der Waals surface area contributed by atoms with E-state index in [4.69, 9.17) is 14.5 Å². The average molecular weight is 400 g/mol. The second-order valence-electron chi connectivity index (χ2n) is 5.27. The standard InChI is InChI=1S/C16H17O6PS2/c17-23(18)22-20-9-12-1-3-13(4-2-12)21-14-5-7-16(8-6-14)25(19)11-15-10-24-15/h1-8,15,17-18H,9-11H2. The van der Waals surface area contributed by atoms with Crippen LogP contribution >= 0.6 is 20.4 Å². The molecule has 6 nitrogen and oxygen atoms in total. The van der Waals surface area contributed by atoms with E-state index in [9.17, 15) is 4.21 Å². The predicted molar refractivity (Wildman–Crippen MR) is 97.7 cm³/mol. The van der Waals surface area contributed by atoms with Gasteiger partial charge < -0.3 is 14.5 Å². The van der Waals surface area contributed by atoms with E-state index in [2.05, 4.69) is 9.56 Å². The molecule has 0 aliphatic carbocycles. The smallest absolute Gasteiger partial charge is 0.357 e. The summed E-state index contributed by atoms with van der Waals surface area (Å²) < 4.78 is 22.1. The van der Waals surface area contributed by atoms with Crippen molar-refractivity contribution in [3.05, 3.63) is 54.1 Å². The molecule has 25 heavy (non-hydrogen) atoms. The fraction of sp³-hybridized carbons (Fsp3) is 0.250. The third-order valence-electron chi connectivity index (χ3n) is 3.33. The molecule has 0 amide bonds. The molecule has 2 N–H and O–H groups in total. The Kier molecular flexibility index (Phi) is 6.84. The summed E-state index contributed by atoms with van der Waals surface area (Å²) in [6, 6.07) is 14.4. The van der Waals surface area contributed by atoms with Crippen molar-refractivity contribution >= 4 is 31.2 Å². The SMILES string of the molecule is O=S(CC1CS1)c1ccc(Oc2ccc(COOP(O)O)cc2)cc1. The van der Waals surface area contributed by atoms with Crippen LogP contribution in [0.5, 0.6) is 11.5 Å². The topological polar surface area (TPSA) is 85.2 Å². The Bertz CT molecular complexity index is 704. The van der Waals surface area contributed by atoms with E-state index in [0.717, 1.165) is 16.2 Å². The third-order valence-corrected chi connectivity index (χ3v) is 6.25. The lowest BCUT2D eigenvalue weighted by Gasteiger charge is -2.08. The van der Waals surface area contributed by atoms with Gasteiger partial charge >= 0.3 is 8.60 Å². The minimum Gasteiger partial charge on any atom is -0.457 e. The van der Waals surface area contributed by atoms with Gasteiger partial charge in [0.25, 0.3) is 0 Å². The molecule has 0 bridgehead atoms. The highest BCUT2D eigenvalue weighted by molar-refractivity contribution is 8.07. The zero-order valence-electron chi connectivity index (χ0n) is 13.1. The fourth-order valence-corrected chi connectivity index (χ4v) is 4.41. The molecule has 0 radical (unpaired) electrons. The summed E-state index contributed by atoms with van der Waals surface area (Å²) >= 11 is 1.85. The van der Waals surface area contributed by atoms with Crippen LogP contribution in [0.4, 0.5) is 0 Å². The molecule has 0 aromatic heterocycles. The van der Waals surface area contributed by atoms with Gasteiger partial charge in [0, 0.05) is 21.7 Å². The van der Waals surface area contributed by atoms with Crippen LogP contribution in [-0.4, -0.2) is 30.8 Å². The lowest BCUT2D eigenvalue weighted by atomic mass is 10.2. The maximum atomic E-state index is 12.1. The molecule has 0 saturated carbocycles. The van der Waals surface area contributed by atoms with Gasteiger partial charge in [-0.3, -0.25) is 4.21 Å². The third kappa shape index (κ3) is 6.34. The van der Waals surface area contributed by atoms with Crippen LogP contribution in [0.25, 0.3) is 0 Å². The largest absolute Gasteiger partial charge is 0.457 e. The summed E-state index contributed by atoms with van der Waals surface area (Å²) in [6.45, 7) is 0.0972. The first kappa shape index (κ1) is 18.8. The molecule has 1 heterocycles. The molecule has 2 atom stereocenters. The first-order valence-corrected chi connectivity index (χ1v) is 11.0. The van der Waals surface area contributed by atoms with E-state index in [-0.39, 0.29) is 6.61 Å². The second kappa shape index (κ2) is 9.09. The molecule has 0 spiro atoms. The number of hydrogen-bond donors (Lipinski definition) is 2. The number of benzene rings is 2. The van der Waals surface area contributed by atoms with Gasteiger partial charge in [-0.2, -0.15) is 16.4 Å². The Balaban J connectivity index is 1.52. The lowest BCUT2D eigenvalue weighted by molar-refractivity contribution is -0.223.